The van der Waals surface area contributed by atoms with E-state index in [0.717, 1.165) is 12.1 Å². The second kappa shape index (κ2) is 6.35. The van der Waals surface area contributed by atoms with Crippen LogP contribution >= 0.6 is 0 Å². The molecule has 0 saturated carbocycles. The first-order valence-electron chi connectivity index (χ1n) is 7.72. The molecule has 136 valence electrons. The molecule has 0 aliphatic heterocycles. The number of halogens is 4. The summed E-state index contributed by atoms with van der Waals surface area (Å²) in [4.78, 5) is 8.06. The highest BCUT2D eigenvalue weighted by Crippen LogP contribution is 2.34. The van der Waals surface area contributed by atoms with Crippen LogP contribution in [0, 0.1) is 5.82 Å². The number of hydrogen-bond donors (Lipinski definition) is 1. The maximum absolute atomic E-state index is 13.2. The number of rotatable bonds is 3. The second-order valence-corrected chi connectivity index (χ2v) is 5.64. The molecule has 4 rings (SSSR count). The lowest BCUT2D eigenvalue weighted by molar-refractivity contribution is -0.137. The maximum atomic E-state index is 13.2. The Morgan fingerprint density at radius 3 is 2.48 bits per heavy atom. The zero-order valence-electron chi connectivity index (χ0n) is 13.5. The topological polar surface area (TPSA) is 63.8 Å². The fourth-order valence-electron chi connectivity index (χ4n) is 2.60. The quantitative estimate of drug-likeness (QED) is 0.500. The zero-order valence-corrected chi connectivity index (χ0v) is 13.5. The minimum Gasteiger partial charge on any atom is -0.339 e. The van der Waals surface area contributed by atoms with Gasteiger partial charge in [0.2, 0.25) is 0 Å². The van der Waals surface area contributed by atoms with Crippen molar-refractivity contribution in [3.05, 3.63) is 66.2 Å². The molecule has 0 aliphatic rings. The minimum atomic E-state index is -4.46. The Hall–Kier alpha value is -3.49. The van der Waals surface area contributed by atoms with Crippen LogP contribution in [0.5, 0.6) is 0 Å². The van der Waals surface area contributed by atoms with E-state index >= 15 is 0 Å². The van der Waals surface area contributed by atoms with Crippen molar-refractivity contribution in [2.24, 2.45) is 0 Å². The van der Waals surface area contributed by atoms with Gasteiger partial charge in [-0.25, -0.2) is 9.37 Å². The highest BCUT2D eigenvalue weighted by atomic mass is 19.4. The van der Waals surface area contributed by atoms with E-state index in [9.17, 15) is 17.6 Å². The number of nitrogens with one attached hydrogen (secondary N) is 1. The molecule has 1 N–H and O–H groups in total. The first-order valence-corrected chi connectivity index (χ1v) is 7.72. The highest BCUT2D eigenvalue weighted by Gasteiger charge is 2.30. The van der Waals surface area contributed by atoms with Gasteiger partial charge >= 0.3 is 6.18 Å². The molecule has 27 heavy (non-hydrogen) atoms. The van der Waals surface area contributed by atoms with Crippen molar-refractivity contribution in [2.75, 3.05) is 5.32 Å². The average Bonchev–Trinajstić information content (AvgIpc) is 3.07. The molecule has 5 nitrogen and oxygen atoms in total. The second-order valence-electron chi connectivity index (χ2n) is 5.64. The lowest BCUT2D eigenvalue weighted by Gasteiger charge is -2.10. The molecule has 9 heteroatoms. The van der Waals surface area contributed by atoms with E-state index in [2.05, 4.69) is 20.4 Å². The molecule has 0 spiro atoms. The van der Waals surface area contributed by atoms with Gasteiger partial charge < -0.3 is 9.84 Å². The van der Waals surface area contributed by atoms with Crippen molar-refractivity contribution in [1.29, 1.82) is 0 Å². The smallest absolute Gasteiger partial charge is 0.339 e. The van der Waals surface area contributed by atoms with Gasteiger partial charge in [-0.2, -0.15) is 18.2 Å². The summed E-state index contributed by atoms with van der Waals surface area (Å²) in [6, 6.07) is 10.3. The number of fused-ring (bicyclic) bond motifs is 1. The van der Waals surface area contributed by atoms with E-state index in [-0.39, 0.29) is 17.2 Å². The molecule has 2 heterocycles. The van der Waals surface area contributed by atoms with Gasteiger partial charge in [-0.05, 0) is 42.5 Å². The first-order chi connectivity index (χ1) is 12.9. The van der Waals surface area contributed by atoms with Crippen LogP contribution in [0.25, 0.3) is 22.4 Å². The van der Waals surface area contributed by atoms with Crippen molar-refractivity contribution >= 4 is 22.6 Å². The molecule has 0 amide bonds. The Morgan fingerprint density at radius 1 is 0.963 bits per heavy atom. The molecule has 0 atom stereocenters. The largest absolute Gasteiger partial charge is 0.416 e. The third-order valence-electron chi connectivity index (χ3n) is 3.84. The highest BCUT2D eigenvalue weighted by molar-refractivity contribution is 5.98. The Morgan fingerprint density at radius 2 is 1.74 bits per heavy atom. The van der Waals surface area contributed by atoms with E-state index in [1.165, 1.54) is 42.7 Å². The van der Waals surface area contributed by atoms with Crippen molar-refractivity contribution < 1.29 is 22.1 Å². The van der Waals surface area contributed by atoms with Crippen molar-refractivity contribution in [3.8, 4) is 11.3 Å². The lowest BCUT2D eigenvalue weighted by atomic mass is 10.1. The molecule has 0 radical (unpaired) electrons. The van der Waals surface area contributed by atoms with Crippen LogP contribution in [0.4, 0.5) is 29.1 Å². The van der Waals surface area contributed by atoms with Gasteiger partial charge in [-0.3, -0.25) is 0 Å². The van der Waals surface area contributed by atoms with Crippen LogP contribution in [0.2, 0.25) is 0 Å². The predicted octanol–water partition coefficient (Wildman–Crippen LogP) is 5.19. The van der Waals surface area contributed by atoms with Gasteiger partial charge in [0, 0.05) is 11.3 Å². The molecular weight excluding hydrogens is 364 g/mol. The van der Waals surface area contributed by atoms with Crippen LogP contribution in [-0.2, 0) is 6.18 Å². The molecule has 0 saturated heterocycles. The molecule has 0 bridgehead atoms. The van der Waals surface area contributed by atoms with Gasteiger partial charge in [0.15, 0.2) is 0 Å². The summed E-state index contributed by atoms with van der Waals surface area (Å²) >= 11 is 0. The molecule has 2 aromatic heterocycles. The summed E-state index contributed by atoms with van der Waals surface area (Å²) < 4.78 is 57.1. The minimum absolute atomic E-state index is 0.152. The normalized spacial score (nSPS) is 11.7. The van der Waals surface area contributed by atoms with Gasteiger partial charge in [0.05, 0.1) is 5.56 Å². The van der Waals surface area contributed by atoms with Gasteiger partial charge in [0.1, 0.15) is 29.0 Å². The summed E-state index contributed by atoms with van der Waals surface area (Å²) in [5.41, 5.74) is 0.453. The van der Waals surface area contributed by atoms with E-state index in [1.807, 2.05) is 0 Å². The van der Waals surface area contributed by atoms with Gasteiger partial charge in [0.25, 0.3) is 5.71 Å². The van der Waals surface area contributed by atoms with Crippen molar-refractivity contribution in [3.63, 3.8) is 0 Å². The van der Waals surface area contributed by atoms with E-state index in [4.69, 9.17) is 4.52 Å². The maximum Gasteiger partial charge on any atom is 0.416 e. The van der Waals surface area contributed by atoms with E-state index in [0.29, 0.717) is 16.6 Å². The molecular formula is C18H10F4N4O. The number of benzene rings is 2. The van der Waals surface area contributed by atoms with Crippen molar-refractivity contribution in [1.82, 2.24) is 15.1 Å². The summed E-state index contributed by atoms with van der Waals surface area (Å²) in [6.45, 7) is 0. The Balaban J connectivity index is 1.79. The number of anilines is 2. The monoisotopic (exact) mass is 374 g/mol. The molecule has 4 aromatic rings. The summed E-state index contributed by atoms with van der Waals surface area (Å²) in [5, 5.41) is 7.15. The number of hydrogen-bond acceptors (Lipinski definition) is 5. The predicted molar refractivity (Wildman–Crippen MR) is 89.7 cm³/mol. The molecule has 0 fully saturated rings. The number of alkyl halides is 3. The first kappa shape index (κ1) is 17.0. The Kier molecular flexibility index (Phi) is 3.98. The molecule has 0 aliphatic carbocycles. The van der Waals surface area contributed by atoms with Gasteiger partial charge in [-0.1, -0.05) is 11.2 Å². The van der Waals surface area contributed by atoms with E-state index < -0.39 is 17.6 Å². The summed E-state index contributed by atoms with van der Waals surface area (Å²) in [7, 11) is 0. The SMILES string of the molecule is Fc1ccc(-c2noc3ncnc(Nc4cccc(C(F)(F)F)c4)c23)cc1. The molecule has 0 unspecified atom stereocenters. The van der Waals surface area contributed by atoms with Crippen LogP contribution in [0.15, 0.2) is 59.4 Å². The van der Waals surface area contributed by atoms with Crippen LogP contribution in [0.3, 0.4) is 0 Å². The Bertz CT molecular complexity index is 1110. The van der Waals surface area contributed by atoms with Crippen LogP contribution < -0.4 is 5.32 Å². The molecule has 2 aromatic carbocycles. The standard InChI is InChI=1S/C18H10F4N4O/c19-12-6-4-10(5-7-12)15-14-16(23-9-24-17(14)27-26-15)25-13-3-1-2-11(8-13)18(20,21)22/h1-9H,(H,23,24,25). The third-order valence-corrected chi connectivity index (χ3v) is 3.84. The summed E-state index contributed by atoms with van der Waals surface area (Å²) in [5.74, 6) is -0.190. The summed E-state index contributed by atoms with van der Waals surface area (Å²) in [6.07, 6.45) is -3.26. The van der Waals surface area contributed by atoms with Crippen molar-refractivity contribution in [2.45, 2.75) is 6.18 Å². The van der Waals surface area contributed by atoms with Crippen LogP contribution in [-0.4, -0.2) is 15.1 Å². The van der Waals surface area contributed by atoms with E-state index in [1.54, 1.807) is 0 Å². The fraction of sp³-hybridized carbons (Fsp3) is 0.0556. The Labute approximate surface area is 149 Å². The van der Waals surface area contributed by atoms with Crippen LogP contribution in [0.1, 0.15) is 5.56 Å². The third kappa shape index (κ3) is 3.31. The lowest BCUT2D eigenvalue weighted by Crippen LogP contribution is -2.05. The zero-order chi connectivity index (χ0) is 19.0. The average molecular weight is 374 g/mol. The fourth-order valence-corrected chi connectivity index (χ4v) is 2.60. The number of aromatic nitrogens is 3. The number of nitrogens with zero attached hydrogens (tertiary/aromatic N) is 3. The van der Waals surface area contributed by atoms with Gasteiger partial charge in [-0.15, -0.1) is 0 Å².